The molecule has 4 rings (SSSR count). The highest BCUT2D eigenvalue weighted by Crippen LogP contribution is 2.48. The maximum Gasteiger partial charge on any atom is 0.238 e. The third kappa shape index (κ3) is 4.54. The van der Waals surface area contributed by atoms with Gasteiger partial charge in [-0.25, -0.2) is 4.39 Å². The van der Waals surface area contributed by atoms with Crippen LogP contribution in [0.1, 0.15) is 29.0 Å². The van der Waals surface area contributed by atoms with Crippen LogP contribution in [0, 0.1) is 25.6 Å². The molecule has 1 N–H and O–H groups in total. The Bertz CT molecular complexity index is 936. The minimum atomic E-state index is -0.250. The number of carbonyl (C=O) groups is 2. The summed E-state index contributed by atoms with van der Waals surface area (Å²) in [5.41, 5.74) is 4.13. The first-order valence-electron chi connectivity index (χ1n) is 10.5. The molecule has 1 aliphatic heterocycles. The predicted molar refractivity (Wildman–Crippen MR) is 115 cm³/mol. The van der Waals surface area contributed by atoms with Gasteiger partial charge in [0.05, 0.1) is 6.54 Å². The fraction of sp³-hybridized carbons (Fsp3) is 0.417. The number of piperazine rings is 1. The molecule has 1 heterocycles. The average Bonchev–Trinajstić information content (AvgIpc) is 3.53. The van der Waals surface area contributed by atoms with E-state index in [1.807, 2.05) is 36.9 Å². The highest BCUT2D eigenvalue weighted by atomic mass is 19.1. The Morgan fingerprint density at radius 1 is 1.03 bits per heavy atom. The molecule has 2 unspecified atom stereocenters. The number of rotatable bonds is 5. The molecule has 2 fully saturated rings. The lowest BCUT2D eigenvalue weighted by molar-refractivity contribution is -0.134. The van der Waals surface area contributed by atoms with E-state index in [2.05, 4.69) is 10.2 Å². The van der Waals surface area contributed by atoms with Gasteiger partial charge in [0.25, 0.3) is 0 Å². The van der Waals surface area contributed by atoms with Crippen molar-refractivity contribution in [2.24, 2.45) is 5.92 Å². The molecule has 5 nitrogen and oxygen atoms in total. The zero-order valence-electron chi connectivity index (χ0n) is 17.5. The van der Waals surface area contributed by atoms with E-state index in [-0.39, 0.29) is 29.5 Å². The quantitative estimate of drug-likeness (QED) is 0.824. The van der Waals surface area contributed by atoms with E-state index < -0.39 is 0 Å². The van der Waals surface area contributed by atoms with E-state index in [4.69, 9.17) is 0 Å². The first-order chi connectivity index (χ1) is 14.4. The van der Waals surface area contributed by atoms with Crippen LogP contribution in [0.5, 0.6) is 0 Å². The smallest absolute Gasteiger partial charge is 0.238 e. The van der Waals surface area contributed by atoms with Crippen LogP contribution in [0.2, 0.25) is 0 Å². The summed E-state index contributed by atoms with van der Waals surface area (Å²) in [6.45, 7) is 7.04. The van der Waals surface area contributed by atoms with Crippen molar-refractivity contribution in [3.8, 4) is 0 Å². The normalized spacial score (nSPS) is 21.4. The Balaban J connectivity index is 1.24. The summed E-state index contributed by atoms with van der Waals surface area (Å²) in [6.07, 6.45) is 0.836. The summed E-state index contributed by atoms with van der Waals surface area (Å²) in [4.78, 5) is 29.2. The standard InChI is InChI=1S/C24H28FN3O2/c1-16-4-3-5-22(17(16)2)26-23(29)15-27-10-12-28(13-11-27)24(30)21-14-20(21)18-6-8-19(25)9-7-18/h3-9,20-21H,10-15H2,1-2H3,(H,26,29). The van der Waals surface area contributed by atoms with E-state index in [0.717, 1.165) is 28.8 Å². The monoisotopic (exact) mass is 409 g/mol. The maximum absolute atomic E-state index is 13.1. The van der Waals surface area contributed by atoms with Gasteiger partial charge in [0.2, 0.25) is 11.8 Å². The number of benzene rings is 2. The third-order valence-electron chi connectivity index (χ3n) is 6.34. The number of halogens is 1. The molecule has 1 aliphatic carbocycles. The van der Waals surface area contributed by atoms with Crippen molar-refractivity contribution in [1.29, 1.82) is 0 Å². The molecule has 2 amide bonds. The molecule has 1 saturated carbocycles. The maximum atomic E-state index is 13.1. The van der Waals surface area contributed by atoms with Gasteiger partial charge < -0.3 is 10.2 Å². The minimum absolute atomic E-state index is 0.00889. The van der Waals surface area contributed by atoms with Crippen molar-refractivity contribution in [2.45, 2.75) is 26.2 Å². The lowest BCUT2D eigenvalue weighted by Gasteiger charge is -2.34. The highest BCUT2D eigenvalue weighted by molar-refractivity contribution is 5.93. The van der Waals surface area contributed by atoms with E-state index >= 15 is 0 Å². The van der Waals surface area contributed by atoms with Gasteiger partial charge in [-0.05, 0) is 61.1 Å². The first kappa shape index (κ1) is 20.5. The number of aryl methyl sites for hydroxylation is 1. The van der Waals surface area contributed by atoms with Crippen LogP contribution in [-0.4, -0.2) is 54.3 Å². The molecule has 30 heavy (non-hydrogen) atoms. The molecule has 2 aromatic rings. The summed E-state index contributed by atoms with van der Waals surface area (Å²) in [6, 6.07) is 12.4. The van der Waals surface area contributed by atoms with Crippen LogP contribution in [0.15, 0.2) is 42.5 Å². The fourth-order valence-electron chi connectivity index (χ4n) is 4.19. The predicted octanol–water partition coefficient (Wildman–Crippen LogP) is 3.33. The number of hydrogen-bond acceptors (Lipinski definition) is 3. The van der Waals surface area contributed by atoms with Crippen LogP contribution in [-0.2, 0) is 9.59 Å². The van der Waals surface area contributed by atoms with E-state index in [0.29, 0.717) is 32.7 Å². The molecule has 0 bridgehead atoms. The first-order valence-corrected chi connectivity index (χ1v) is 10.5. The zero-order valence-corrected chi connectivity index (χ0v) is 17.5. The summed E-state index contributed by atoms with van der Waals surface area (Å²) in [5, 5.41) is 3.00. The number of hydrogen-bond donors (Lipinski definition) is 1. The van der Waals surface area contributed by atoms with Gasteiger partial charge in [-0.2, -0.15) is 0 Å². The van der Waals surface area contributed by atoms with Gasteiger partial charge in [-0.3, -0.25) is 14.5 Å². The van der Waals surface area contributed by atoms with Gasteiger partial charge >= 0.3 is 0 Å². The molecule has 0 aromatic heterocycles. The Kier molecular flexibility index (Phi) is 5.86. The largest absolute Gasteiger partial charge is 0.340 e. The molecule has 2 aliphatic rings. The molecule has 2 aromatic carbocycles. The van der Waals surface area contributed by atoms with E-state index in [1.54, 1.807) is 12.1 Å². The summed E-state index contributed by atoms with van der Waals surface area (Å²) in [5.74, 6) is 0.125. The molecule has 0 radical (unpaired) electrons. The SMILES string of the molecule is Cc1cccc(NC(=O)CN2CCN(C(=O)C3CC3c3ccc(F)cc3)CC2)c1C. The minimum Gasteiger partial charge on any atom is -0.340 e. The number of carbonyl (C=O) groups excluding carboxylic acids is 2. The average molecular weight is 410 g/mol. The highest BCUT2D eigenvalue weighted by Gasteiger charge is 2.46. The Morgan fingerprint density at radius 2 is 1.73 bits per heavy atom. The summed E-state index contributed by atoms with van der Waals surface area (Å²) in [7, 11) is 0. The Labute approximate surface area is 176 Å². The molecule has 1 saturated heterocycles. The van der Waals surface area contributed by atoms with Gasteiger partial charge in [-0.15, -0.1) is 0 Å². The lowest BCUT2D eigenvalue weighted by Crippen LogP contribution is -2.51. The lowest BCUT2D eigenvalue weighted by atomic mass is 10.1. The van der Waals surface area contributed by atoms with Crippen LogP contribution in [0.25, 0.3) is 0 Å². The summed E-state index contributed by atoms with van der Waals surface area (Å²) >= 11 is 0. The number of nitrogens with one attached hydrogen (secondary N) is 1. The van der Waals surface area contributed by atoms with Crippen molar-refractivity contribution in [3.63, 3.8) is 0 Å². The van der Waals surface area contributed by atoms with Gasteiger partial charge in [0.1, 0.15) is 5.82 Å². The zero-order chi connectivity index (χ0) is 21.3. The van der Waals surface area contributed by atoms with E-state index in [1.165, 1.54) is 12.1 Å². The van der Waals surface area contributed by atoms with Crippen LogP contribution < -0.4 is 5.32 Å². The number of nitrogens with zero attached hydrogens (tertiary/aromatic N) is 2. The van der Waals surface area contributed by atoms with Gasteiger partial charge in [-0.1, -0.05) is 24.3 Å². The fourth-order valence-corrected chi connectivity index (χ4v) is 4.19. The van der Waals surface area contributed by atoms with E-state index in [9.17, 15) is 14.0 Å². The second kappa shape index (κ2) is 8.56. The molecule has 2 atom stereocenters. The number of amides is 2. The van der Waals surface area contributed by atoms with Crippen LogP contribution in [0.3, 0.4) is 0 Å². The molecule has 158 valence electrons. The van der Waals surface area contributed by atoms with Crippen molar-refractivity contribution in [2.75, 3.05) is 38.0 Å². The van der Waals surface area contributed by atoms with Gasteiger partial charge in [0, 0.05) is 37.8 Å². The number of anilines is 1. The van der Waals surface area contributed by atoms with Crippen molar-refractivity contribution >= 4 is 17.5 Å². The molecular weight excluding hydrogens is 381 g/mol. The second-order valence-electron chi connectivity index (χ2n) is 8.40. The summed E-state index contributed by atoms with van der Waals surface area (Å²) < 4.78 is 13.1. The molecule has 6 heteroatoms. The topological polar surface area (TPSA) is 52.7 Å². The second-order valence-corrected chi connectivity index (χ2v) is 8.40. The van der Waals surface area contributed by atoms with Crippen molar-refractivity contribution in [1.82, 2.24) is 9.80 Å². The molecule has 0 spiro atoms. The van der Waals surface area contributed by atoms with Crippen molar-refractivity contribution in [3.05, 3.63) is 65.0 Å². The Hall–Kier alpha value is -2.73. The van der Waals surface area contributed by atoms with Crippen molar-refractivity contribution < 1.29 is 14.0 Å². The van der Waals surface area contributed by atoms with Crippen LogP contribution in [0.4, 0.5) is 10.1 Å². The third-order valence-corrected chi connectivity index (χ3v) is 6.34. The van der Waals surface area contributed by atoms with Gasteiger partial charge in [0.15, 0.2) is 0 Å². The van der Waals surface area contributed by atoms with Crippen LogP contribution >= 0.6 is 0 Å². The Morgan fingerprint density at radius 3 is 2.43 bits per heavy atom. The molecular formula is C24H28FN3O2.